The van der Waals surface area contributed by atoms with Gasteiger partial charge in [-0.05, 0) is 42.1 Å². The number of hydrogen-bond donors (Lipinski definition) is 2. The molecule has 5 nitrogen and oxygen atoms in total. The Hall–Kier alpha value is -3.23. The molecule has 31 heavy (non-hydrogen) atoms. The molecule has 0 atom stereocenters. The fourth-order valence-electron chi connectivity index (χ4n) is 3.75. The first kappa shape index (κ1) is 19.7. The van der Waals surface area contributed by atoms with E-state index < -0.39 is 16.7 Å². The summed E-state index contributed by atoms with van der Waals surface area (Å²) in [7, 11) is 0. The Morgan fingerprint density at radius 1 is 1.13 bits per heavy atom. The van der Waals surface area contributed by atoms with E-state index in [1.54, 1.807) is 17.5 Å². The number of benzene rings is 2. The number of pyridine rings is 1. The van der Waals surface area contributed by atoms with Crippen molar-refractivity contribution < 1.29 is 8.78 Å². The highest BCUT2D eigenvalue weighted by Gasteiger charge is 2.24. The number of rotatable bonds is 3. The van der Waals surface area contributed by atoms with E-state index in [2.05, 4.69) is 20.2 Å². The van der Waals surface area contributed by atoms with E-state index in [0.29, 0.717) is 18.3 Å². The SMILES string of the molecule is Cc1ccc2c(Nc3ccc(F)c(Cl)c3F)nccc2c1N1CN=C(N)c2sccc21. The lowest BCUT2D eigenvalue weighted by Gasteiger charge is -2.29. The molecule has 0 radical (unpaired) electrons. The highest BCUT2D eigenvalue weighted by Crippen LogP contribution is 2.41. The summed E-state index contributed by atoms with van der Waals surface area (Å²) >= 11 is 7.27. The number of aromatic nitrogens is 1. The zero-order valence-electron chi connectivity index (χ0n) is 16.3. The molecule has 4 aromatic rings. The van der Waals surface area contributed by atoms with Gasteiger partial charge in [-0.3, -0.25) is 0 Å². The van der Waals surface area contributed by atoms with Gasteiger partial charge in [-0.2, -0.15) is 0 Å². The standard InChI is InChI=1S/C22H16ClF2N5S/c1-11-2-3-13-12(19(11)30-10-28-21(26)20-16(30)7-9-31-20)6-8-27-22(13)29-15-5-4-14(24)17(23)18(15)25/h2-9H,10H2,1H3,(H2,26,28)(H,27,29). The number of aryl methyl sites for hydroxylation is 1. The van der Waals surface area contributed by atoms with Crippen LogP contribution in [0.15, 0.2) is 53.0 Å². The van der Waals surface area contributed by atoms with Crippen molar-refractivity contribution in [1.29, 1.82) is 0 Å². The van der Waals surface area contributed by atoms with Crippen molar-refractivity contribution in [1.82, 2.24) is 4.98 Å². The average Bonchev–Trinajstić information content (AvgIpc) is 3.26. The quantitative estimate of drug-likeness (QED) is 0.366. The maximum absolute atomic E-state index is 14.5. The zero-order chi connectivity index (χ0) is 21.7. The Morgan fingerprint density at radius 2 is 1.97 bits per heavy atom. The minimum Gasteiger partial charge on any atom is -0.383 e. The molecule has 0 bridgehead atoms. The third-order valence-electron chi connectivity index (χ3n) is 5.23. The zero-order valence-corrected chi connectivity index (χ0v) is 17.9. The number of aliphatic imine (C=N–C) groups is 1. The lowest BCUT2D eigenvalue weighted by molar-refractivity contribution is 0.587. The first-order valence-corrected chi connectivity index (χ1v) is 10.7. The fraction of sp³-hybridized carbons (Fsp3) is 0.0909. The first-order valence-electron chi connectivity index (χ1n) is 9.40. The molecular formula is C22H16ClF2N5S. The largest absolute Gasteiger partial charge is 0.383 e. The molecule has 1 aliphatic rings. The Balaban J connectivity index is 1.65. The van der Waals surface area contributed by atoms with Crippen molar-refractivity contribution in [2.75, 3.05) is 16.9 Å². The number of nitrogens with two attached hydrogens (primary N) is 1. The number of thiophene rings is 1. The summed E-state index contributed by atoms with van der Waals surface area (Å²) in [6.07, 6.45) is 1.65. The summed E-state index contributed by atoms with van der Waals surface area (Å²) in [4.78, 5) is 11.9. The van der Waals surface area contributed by atoms with Crippen LogP contribution in [0, 0.1) is 18.6 Å². The summed E-state index contributed by atoms with van der Waals surface area (Å²) in [5.74, 6) is -0.709. The van der Waals surface area contributed by atoms with Crippen molar-refractivity contribution >= 4 is 62.4 Å². The highest BCUT2D eigenvalue weighted by molar-refractivity contribution is 7.12. The van der Waals surface area contributed by atoms with Gasteiger partial charge < -0.3 is 16.0 Å². The van der Waals surface area contributed by atoms with Crippen LogP contribution in [0.2, 0.25) is 5.02 Å². The normalized spacial score (nSPS) is 13.3. The number of amidine groups is 1. The fourth-order valence-corrected chi connectivity index (χ4v) is 4.73. The molecule has 2 aromatic carbocycles. The number of halogens is 3. The van der Waals surface area contributed by atoms with Crippen molar-refractivity contribution in [3.05, 3.63) is 75.1 Å². The number of nitrogens with zero attached hydrogens (tertiary/aromatic N) is 3. The van der Waals surface area contributed by atoms with Crippen molar-refractivity contribution in [2.24, 2.45) is 10.7 Å². The Morgan fingerprint density at radius 3 is 2.81 bits per heavy atom. The summed E-state index contributed by atoms with van der Waals surface area (Å²) in [6.45, 7) is 2.41. The summed E-state index contributed by atoms with van der Waals surface area (Å²) in [5.41, 5.74) is 9.13. The third-order valence-corrected chi connectivity index (χ3v) is 6.50. The number of anilines is 4. The van der Waals surface area contributed by atoms with Crippen LogP contribution in [0.3, 0.4) is 0 Å². The van der Waals surface area contributed by atoms with E-state index in [4.69, 9.17) is 17.3 Å². The molecule has 0 saturated heterocycles. The second-order valence-electron chi connectivity index (χ2n) is 7.08. The molecule has 156 valence electrons. The first-order chi connectivity index (χ1) is 15.0. The Bertz CT molecular complexity index is 1370. The molecule has 2 aromatic heterocycles. The molecule has 3 heterocycles. The van der Waals surface area contributed by atoms with E-state index >= 15 is 0 Å². The van der Waals surface area contributed by atoms with Gasteiger partial charge in [0.1, 0.15) is 29.2 Å². The van der Waals surface area contributed by atoms with Crippen LogP contribution in [0.5, 0.6) is 0 Å². The van der Waals surface area contributed by atoms with Gasteiger partial charge in [0.15, 0.2) is 5.82 Å². The molecule has 3 N–H and O–H groups in total. The Kier molecular flexibility index (Phi) is 4.75. The number of hydrogen-bond acceptors (Lipinski definition) is 6. The molecule has 0 fully saturated rings. The van der Waals surface area contributed by atoms with E-state index in [0.717, 1.165) is 38.7 Å². The van der Waals surface area contributed by atoms with Gasteiger partial charge in [0.25, 0.3) is 0 Å². The van der Waals surface area contributed by atoms with Crippen molar-refractivity contribution in [2.45, 2.75) is 6.92 Å². The predicted octanol–water partition coefficient (Wildman–Crippen LogP) is 6.09. The second-order valence-corrected chi connectivity index (χ2v) is 8.38. The third kappa shape index (κ3) is 3.19. The van der Waals surface area contributed by atoms with Gasteiger partial charge in [0, 0.05) is 17.0 Å². The van der Waals surface area contributed by atoms with Gasteiger partial charge in [-0.25, -0.2) is 18.8 Å². The Labute approximate surface area is 185 Å². The topological polar surface area (TPSA) is 66.5 Å². The van der Waals surface area contributed by atoms with E-state index in [-0.39, 0.29) is 5.69 Å². The molecule has 0 amide bonds. The molecule has 1 aliphatic heterocycles. The van der Waals surface area contributed by atoms with E-state index in [1.165, 1.54) is 6.07 Å². The van der Waals surface area contributed by atoms with E-state index in [1.807, 2.05) is 36.6 Å². The van der Waals surface area contributed by atoms with Gasteiger partial charge >= 0.3 is 0 Å². The van der Waals surface area contributed by atoms with Crippen LogP contribution in [-0.4, -0.2) is 17.5 Å². The van der Waals surface area contributed by atoms with Crippen molar-refractivity contribution in [3.63, 3.8) is 0 Å². The van der Waals surface area contributed by atoms with Crippen LogP contribution < -0.4 is 16.0 Å². The summed E-state index contributed by atoms with van der Waals surface area (Å²) in [6, 6.07) is 10.2. The molecule has 0 aliphatic carbocycles. The molecule has 9 heteroatoms. The maximum atomic E-state index is 14.5. The van der Waals surface area contributed by atoms with Gasteiger partial charge in [0.2, 0.25) is 0 Å². The lowest BCUT2D eigenvalue weighted by atomic mass is 10.0. The number of nitrogens with one attached hydrogen (secondary N) is 1. The minimum absolute atomic E-state index is 0.0454. The molecule has 0 saturated carbocycles. The smallest absolute Gasteiger partial charge is 0.168 e. The molecule has 0 spiro atoms. The maximum Gasteiger partial charge on any atom is 0.168 e. The van der Waals surface area contributed by atoms with Crippen LogP contribution in [0.1, 0.15) is 10.4 Å². The second kappa shape index (κ2) is 7.47. The lowest BCUT2D eigenvalue weighted by Crippen LogP contribution is -2.28. The number of fused-ring (bicyclic) bond motifs is 2. The van der Waals surface area contributed by atoms with Crippen LogP contribution >= 0.6 is 22.9 Å². The van der Waals surface area contributed by atoms with Crippen LogP contribution in [0.4, 0.5) is 31.7 Å². The van der Waals surface area contributed by atoms with Crippen molar-refractivity contribution in [3.8, 4) is 0 Å². The van der Waals surface area contributed by atoms with Crippen LogP contribution in [-0.2, 0) is 0 Å². The molecular weight excluding hydrogens is 440 g/mol. The average molecular weight is 456 g/mol. The summed E-state index contributed by atoms with van der Waals surface area (Å²) < 4.78 is 28.0. The van der Waals surface area contributed by atoms with Gasteiger partial charge in [-0.1, -0.05) is 23.7 Å². The highest BCUT2D eigenvalue weighted by atomic mass is 35.5. The predicted molar refractivity (Wildman–Crippen MR) is 123 cm³/mol. The van der Waals surface area contributed by atoms with Crippen LogP contribution in [0.25, 0.3) is 10.8 Å². The summed E-state index contributed by atoms with van der Waals surface area (Å²) in [5, 5.41) is 6.08. The van der Waals surface area contributed by atoms with E-state index in [9.17, 15) is 8.78 Å². The van der Waals surface area contributed by atoms with Gasteiger partial charge in [0.05, 0.1) is 21.9 Å². The monoisotopic (exact) mass is 455 g/mol. The van der Waals surface area contributed by atoms with Gasteiger partial charge in [-0.15, -0.1) is 11.3 Å². The molecule has 0 unspecified atom stereocenters. The minimum atomic E-state index is -0.864. The molecule has 5 rings (SSSR count).